The van der Waals surface area contributed by atoms with Gasteiger partial charge in [0.1, 0.15) is 12.1 Å². The first-order valence-electron chi connectivity index (χ1n) is 11.0. The van der Waals surface area contributed by atoms with Gasteiger partial charge in [-0.1, -0.05) is 39.0 Å². The Balaban J connectivity index is 1.59. The van der Waals surface area contributed by atoms with Crippen LogP contribution in [0.1, 0.15) is 42.3 Å². The van der Waals surface area contributed by atoms with E-state index in [0.29, 0.717) is 18.8 Å². The van der Waals surface area contributed by atoms with Crippen molar-refractivity contribution in [3.05, 3.63) is 71.5 Å². The number of rotatable bonds is 4. The number of nitrogens with one attached hydrogen (secondary N) is 1. The molecule has 0 bridgehead atoms. The summed E-state index contributed by atoms with van der Waals surface area (Å²) in [6, 6.07) is 15.7. The number of nitrogens with zero attached hydrogens (tertiary/aromatic N) is 3. The second-order valence-electron chi connectivity index (χ2n) is 9.18. The lowest BCUT2D eigenvalue weighted by atomic mass is 9.87. The van der Waals surface area contributed by atoms with Crippen LogP contribution in [0.2, 0.25) is 0 Å². The molecular weight excluding hydrogens is 400 g/mol. The van der Waals surface area contributed by atoms with Crippen LogP contribution >= 0.6 is 0 Å². The van der Waals surface area contributed by atoms with Crippen LogP contribution in [0.5, 0.6) is 0 Å². The molecule has 1 fully saturated rings. The van der Waals surface area contributed by atoms with Crippen LogP contribution in [0.4, 0.5) is 11.5 Å². The Morgan fingerprint density at radius 2 is 1.81 bits per heavy atom. The van der Waals surface area contributed by atoms with Crippen molar-refractivity contribution in [3.8, 4) is 11.3 Å². The van der Waals surface area contributed by atoms with E-state index in [1.165, 1.54) is 5.56 Å². The lowest BCUT2D eigenvalue weighted by molar-refractivity contribution is 0.102. The van der Waals surface area contributed by atoms with E-state index in [1.807, 2.05) is 49.4 Å². The number of anilines is 2. The van der Waals surface area contributed by atoms with Crippen molar-refractivity contribution >= 4 is 17.4 Å². The summed E-state index contributed by atoms with van der Waals surface area (Å²) < 4.78 is 5.44. The first-order valence-corrected chi connectivity index (χ1v) is 11.0. The zero-order valence-corrected chi connectivity index (χ0v) is 19.2. The van der Waals surface area contributed by atoms with E-state index in [4.69, 9.17) is 4.74 Å². The van der Waals surface area contributed by atoms with Crippen LogP contribution in [0.25, 0.3) is 11.3 Å². The SMILES string of the molecule is Cc1ccc(C(=O)Nc2cccc(C(C)(C)C)c2)cc1-c1cc(N2CCOCC2)ncn1. The van der Waals surface area contributed by atoms with E-state index in [9.17, 15) is 4.79 Å². The highest BCUT2D eigenvalue weighted by Crippen LogP contribution is 2.27. The lowest BCUT2D eigenvalue weighted by Crippen LogP contribution is -2.36. The predicted molar refractivity (Wildman–Crippen MR) is 128 cm³/mol. The number of amides is 1. The van der Waals surface area contributed by atoms with Crippen LogP contribution in [-0.4, -0.2) is 42.2 Å². The second-order valence-corrected chi connectivity index (χ2v) is 9.18. The number of benzene rings is 2. The minimum absolute atomic E-state index is 0.0168. The van der Waals surface area contributed by atoms with Gasteiger partial charge in [-0.3, -0.25) is 4.79 Å². The summed E-state index contributed by atoms with van der Waals surface area (Å²) >= 11 is 0. The average Bonchev–Trinajstić information content (AvgIpc) is 2.79. The molecule has 2 heterocycles. The van der Waals surface area contributed by atoms with Gasteiger partial charge >= 0.3 is 0 Å². The number of aromatic nitrogens is 2. The molecular formula is C26H30N4O2. The van der Waals surface area contributed by atoms with Gasteiger partial charge in [0.05, 0.1) is 18.9 Å². The molecule has 4 rings (SSSR count). The third-order valence-corrected chi connectivity index (χ3v) is 5.75. The Morgan fingerprint density at radius 3 is 2.56 bits per heavy atom. The molecule has 1 N–H and O–H groups in total. The maximum atomic E-state index is 13.0. The molecule has 0 saturated carbocycles. The van der Waals surface area contributed by atoms with Gasteiger partial charge in [-0.05, 0) is 47.7 Å². The molecule has 6 heteroatoms. The Bertz CT molecular complexity index is 1110. The van der Waals surface area contributed by atoms with Gasteiger partial charge in [-0.15, -0.1) is 0 Å². The minimum Gasteiger partial charge on any atom is -0.378 e. The van der Waals surface area contributed by atoms with Gasteiger partial charge in [0.15, 0.2) is 0 Å². The highest BCUT2D eigenvalue weighted by atomic mass is 16.5. The van der Waals surface area contributed by atoms with E-state index >= 15 is 0 Å². The number of hydrogen-bond acceptors (Lipinski definition) is 5. The molecule has 1 amide bonds. The Labute approximate surface area is 189 Å². The Kier molecular flexibility index (Phi) is 6.24. The van der Waals surface area contributed by atoms with Crippen LogP contribution in [0.3, 0.4) is 0 Å². The van der Waals surface area contributed by atoms with E-state index < -0.39 is 0 Å². The third kappa shape index (κ3) is 4.97. The fraction of sp³-hybridized carbons (Fsp3) is 0.346. The number of carbonyl (C=O) groups excluding carboxylic acids is 1. The van der Waals surface area contributed by atoms with Crippen molar-refractivity contribution in [1.82, 2.24) is 9.97 Å². The fourth-order valence-corrected chi connectivity index (χ4v) is 3.77. The van der Waals surface area contributed by atoms with Gasteiger partial charge in [0.2, 0.25) is 0 Å². The van der Waals surface area contributed by atoms with Gasteiger partial charge < -0.3 is 15.0 Å². The first-order chi connectivity index (χ1) is 15.3. The van der Waals surface area contributed by atoms with E-state index in [0.717, 1.165) is 41.4 Å². The number of carbonyl (C=O) groups is 1. The number of hydrogen-bond donors (Lipinski definition) is 1. The van der Waals surface area contributed by atoms with Crippen LogP contribution in [0.15, 0.2) is 54.9 Å². The summed E-state index contributed by atoms with van der Waals surface area (Å²) in [7, 11) is 0. The summed E-state index contributed by atoms with van der Waals surface area (Å²) in [5.41, 5.74) is 5.38. The van der Waals surface area contributed by atoms with E-state index in [-0.39, 0.29) is 11.3 Å². The summed E-state index contributed by atoms with van der Waals surface area (Å²) in [5, 5.41) is 3.04. The normalized spacial score (nSPS) is 14.3. The molecule has 1 aliphatic rings. The largest absolute Gasteiger partial charge is 0.378 e. The molecule has 0 radical (unpaired) electrons. The third-order valence-electron chi connectivity index (χ3n) is 5.75. The molecule has 0 atom stereocenters. The average molecular weight is 431 g/mol. The predicted octanol–water partition coefficient (Wildman–Crippen LogP) is 4.84. The molecule has 0 aliphatic carbocycles. The van der Waals surface area contributed by atoms with E-state index in [1.54, 1.807) is 6.33 Å². The van der Waals surface area contributed by atoms with Crippen LogP contribution in [-0.2, 0) is 10.2 Å². The molecule has 166 valence electrons. The molecule has 6 nitrogen and oxygen atoms in total. The summed E-state index contributed by atoms with van der Waals surface area (Å²) in [4.78, 5) is 24.1. The van der Waals surface area contributed by atoms with Crippen molar-refractivity contribution < 1.29 is 9.53 Å². The molecule has 3 aromatic rings. The van der Waals surface area contributed by atoms with Gasteiger partial charge in [-0.2, -0.15) is 0 Å². The highest BCUT2D eigenvalue weighted by Gasteiger charge is 2.17. The summed E-state index contributed by atoms with van der Waals surface area (Å²) in [5.74, 6) is 0.742. The van der Waals surface area contributed by atoms with Crippen molar-refractivity contribution in [2.45, 2.75) is 33.1 Å². The highest BCUT2D eigenvalue weighted by molar-refractivity contribution is 6.05. The van der Waals surface area contributed by atoms with Crippen molar-refractivity contribution in [2.24, 2.45) is 0 Å². The first kappa shape index (κ1) is 22.0. The van der Waals surface area contributed by atoms with Gasteiger partial charge in [0.25, 0.3) is 5.91 Å². The summed E-state index contributed by atoms with van der Waals surface area (Å²) in [6.45, 7) is 11.5. The maximum Gasteiger partial charge on any atom is 0.255 e. The molecule has 1 aliphatic heterocycles. The summed E-state index contributed by atoms with van der Waals surface area (Å²) in [6.07, 6.45) is 1.59. The van der Waals surface area contributed by atoms with Crippen molar-refractivity contribution in [3.63, 3.8) is 0 Å². The molecule has 2 aromatic carbocycles. The fourth-order valence-electron chi connectivity index (χ4n) is 3.77. The van der Waals surface area contributed by atoms with Gasteiger partial charge in [0, 0.05) is 36.0 Å². The molecule has 0 spiro atoms. The molecule has 32 heavy (non-hydrogen) atoms. The smallest absolute Gasteiger partial charge is 0.255 e. The zero-order valence-electron chi connectivity index (χ0n) is 19.2. The number of aryl methyl sites for hydroxylation is 1. The van der Waals surface area contributed by atoms with Crippen LogP contribution in [0, 0.1) is 6.92 Å². The van der Waals surface area contributed by atoms with Crippen LogP contribution < -0.4 is 10.2 Å². The lowest BCUT2D eigenvalue weighted by Gasteiger charge is -2.27. The van der Waals surface area contributed by atoms with E-state index in [2.05, 4.69) is 47.0 Å². The second kappa shape index (κ2) is 9.09. The number of ether oxygens (including phenoxy) is 1. The Hall–Kier alpha value is -3.25. The molecule has 1 saturated heterocycles. The monoisotopic (exact) mass is 430 g/mol. The minimum atomic E-state index is -0.139. The zero-order chi connectivity index (χ0) is 22.7. The molecule has 1 aromatic heterocycles. The Morgan fingerprint density at radius 1 is 1.03 bits per heavy atom. The van der Waals surface area contributed by atoms with Crippen molar-refractivity contribution in [1.29, 1.82) is 0 Å². The molecule has 0 unspecified atom stereocenters. The quantitative estimate of drug-likeness (QED) is 0.642. The maximum absolute atomic E-state index is 13.0. The van der Waals surface area contributed by atoms with Gasteiger partial charge in [-0.25, -0.2) is 9.97 Å². The van der Waals surface area contributed by atoms with Crippen molar-refractivity contribution in [2.75, 3.05) is 36.5 Å². The number of morpholine rings is 1. The topological polar surface area (TPSA) is 67.4 Å². The standard InChI is InChI=1S/C26H30N4O2/c1-18-8-9-19(25(31)29-21-7-5-6-20(15-21)26(2,3)4)14-22(18)23-16-24(28-17-27-23)30-10-12-32-13-11-30/h5-9,14-17H,10-13H2,1-4H3,(H,29,31).